The van der Waals surface area contributed by atoms with Crippen molar-refractivity contribution >= 4 is 15.9 Å². The molecule has 0 spiro atoms. The second-order valence-corrected chi connectivity index (χ2v) is 7.79. The first-order valence-corrected chi connectivity index (χ1v) is 10.2. The Bertz CT molecular complexity index is 1260. The molecule has 4 rings (SSSR count). The molecule has 0 N–H and O–H groups in total. The van der Waals surface area contributed by atoms with Crippen molar-refractivity contribution in [2.24, 2.45) is 7.05 Å². The lowest BCUT2D eigenvalue weighted by atomic mass is 10.0. The van der Waals surface area contributed by atoms with E-state index in [1.54, 1.807) is 7.05 Å². The summed E-state index contributed by atoms with van der Waals surface area (Å²) in [6.45, 7) is 4.16. The third-order valence-electron chi connectivity index (χ3n) is 4.91. The Morgan fingerprint density at radius 1 is 1.03 bits per heavy atom. The number of nitrogens with zero attached hydrogens (tertiary/aromatic N) is 5. The molecule has 0 radical (unpaired) electrons. The van der Waals surface area contributed by atoms with E-state index in [9.17, 15) is 4.79 Å². The van der Waals surface area contributed by atoms with Crippen molar-refractivity contribution in [2.75, 3.05) is 0 Å². The molecule has 0 atom stereocenters. The molecule has 2 aromatic carbocycles. The summed E-state index contributed by atoms with van der Waals surface area (Å²) >= 11 is 3.58. The molecule has 0 fully saturated rings. The van der Waals surface area contributed by atoms with Crippen LogP contribution in [0.15, 0.2) is 63.9 Å². The molecular weight excluding hydrogens is 446 g/mol. The van der Waals surface area contributed by atoms with Crippen molar-refractivity contribution in [1.29, 1.82) is 0 Å². The minimum atomic E-state index is -0.316. The average Bonchev–Trinajstić information content (AvgIpc) is 3.08. The molecule has 8 heteroatoms. The zero-order valence-corrected chi connectivity index (χ0v) is 18.4. The van der Waals surface area contributed by atoms with Gasteiger partial charge < -0.3 is 4.74 Å². The zero-order chi connectivity index (χ0) is 21.3. The number of pyridine rings is 1. The predicted molar refractivity (Wildman–Crippen MR) is 118 cm³/mol. The third kappa shape index (κ3) is 3.78. The van der Waals surface area contributed by atoms with Crippen LogP contribution >= 0.6 is 15.9 Å². The molecule has 2 heterocycles. The van der Waals surface area contributed by atoms with E-state index in [0.29, 0.717) is 11.6 Å². The lowest BCUT2D eigenvalue weighted by Gasteiger charge is -2.15. The smallest absolute Gasteiger partial charge is 0.368 e. The van der Waals surface area contributed by atoms with Crippen LogP contribution in [0.2, 0.25) is 0 Å². The first-order valence-electron chi connectivity index (χ1n) is 9.39. The Balaban J connectivity index is 1.66. The van der Waals surface area contributed by atoms with E-state index in [1.807, 2.05) is 56.3 Å². The Kier molecular flexibility index (Phi) is 5.50. The quantitative estimate of drug-likeness (QED) is 0.445. The maximum absolute atomic E-state index is 12.3. The number of hydrogen-bond acceptors (Lipinski definition) is 5. The summed E-state index contributed by atoms with van der Waals surface area (Å²) in [5.74, 6) is 0.493. The molecule has 0 saturated carbocycles. The van der Waals surface area contributed by atoms with E-state index in [0.717, 1.165) is 32.4 Å². The van der Waals surface area contributed by atoms with Crippen molar-refractivity contribution in [3.63, 3.8) is 0 Å². The summed E-state index contributed by atoms with van der Waals surface area (Å²) in [6, 6.07) is 17.8. The maximum atomic E-state index is 12.3. The van der Waals surface area contributed by atoms with Gasteiger partial charge in [0, 0.05) is 23.9 Å². The van der Waals surface area contributed by atoms with E-state index in [-0.39, 0.29) is 12.3 Å². The summed E-state index contributed by atoms with van der Waals surface area (Å²) < 4.78 is 9.29. The fourth-order valence-corrected chi connectivity index (χ4v) is 3.68. The van der Waals surface area contributed by atoms with E-state index in [4.69, 9.17) is 4.74 Å². The third-order valence-corrected chi connectivity index (χ3v) is 5.48. The Hall–Kier alpha value is -3.26. The van der Waals surface area contributed by atoms with Gasteiger partial charge in [0.05, 0.1) is 10.2 Å². The van der Waals surface area contributed by atoms with Crippen LogP contribution in [0, 0.1) is 13.8 Å². The first kappa shape index (κ1) is 20.0. The number of ether oxygens (including phenoxy) is 1. The van der Waals surface area contributed by atoms with Gasteiger partial charge in [-0.2, -0.15) is 9.36 Å². The first-order chi connectivity index (χ1) is 14.5. The van der Waals surface area contributed by atoms with Crippen molar-refractivity contribution in [3.8, 4) is 22.7 Å². The van der Waals surface area contributed by atoms with Gasteiger partial charge in [0.25, 0.3) is 0 Å². The van der Waals surface area contributed by atoms with Gasteiger partial charge in [-0.05, 0) is 63.5 Å². The predicted octanol–water partition coefficient (Wildman–Crippen LogP) is 3.99. The molecule has 0 aliphatic carbocycles. The van der Waals surface area contributed by atoms with Crippen LogP contribution in [0.3, 0.4) is 0 Å². The van der Waals surface area contributed by atoms with Gasteiger partial charge in [-0.15, -0.1) is 0 Å². The molecular formula is C22H20BrN5O2. The second-order valence-electron chi connectivity index (χ2n) is 6.93. The van der Waals surface area contributed by atoms with Crippen LogP contribution in [-0.2, 0) is 13.7 Å². The Morgan fingerprint density at radius 2 is 1.80 bits per heavy atom. The second kappa shape index (κ2) is 8.23. The number of tetrazole rings is 1. The number of rotatable bonds is 5. The molecule has 0 aliphatic rings. The van der Waals surface area contributed by atoms with E-state index in [1.165, 1.54) is 9.36 Å². The highest BCUT2D eigenvalue weighted by Crippen LogP contribution is 2.32. The fraction of sp³-hybridized carbons (Fsp3) is 0.182. The minimum Gasteiger partial charge on any atom is -0.472 e. The molecule has 0 bridgehead atoms. The Morgan fingerprint density at radius 3 is 2.50 bits per heavy atom. The monoisotopic (exact) mass is 465 g/mol. The molecule has 152 valence electrons. The van der Waals surface area contributed by atoms with Crippen LogP contribution in [0.4, 0.5) is 0 Å². The van der Waals surface area contributed by atoms with Crippen LogP contribution in [0.25, 0.3) is 16.8 Å². The molecule has 0 saturated heterocycles. The van der Waals surface area contributed by atoms with Crippen molar-refractivity contribution < 1.29 is 4.74 Å². The Labute approximate surface area is 182 Å². The van der Waals surface area contributed by atoms with Crippen molar-refractivity contribution in [3.05, 3.63) is 86.4 Å². The topological polar surface area (TPSA) is 74.8 Å². The number of aryl methyl sites for hydroxylation is 3. The highest BCUT2D eigenvalue weighted by Gasteiger charge is 2.15. The lowest BCUT2D eigenvalue weighted by Crippen LogP contribution is -2.23. The SMILES string of the molecule is Cc1cccc(-n2nnn(C)c2=O)c1COc1nc(C)c(-c2ccccc2)cc1Br. The molecule has 4 aromatic rings. The van der Waals surface area contributed by atoms with Gasteiger partial charge >= 0.3 is 5.69 Å². The molecule has 0 unspecified atom stereocenters. The van der Waals surface area contributed by atoms with Crippen LogP contribution < -0.4 is 10.4 Å². The summed E-state index contributed by atoms with van der Waals surface area (Å²) in [4.78, 5) is 17.0. The molecule has 2 aromatic heterocycles. The zero-order valence-electron chi connectivity index (χ0n) is 16.8. The number of aromatic nitrogens is 5. The number of hydrogen-bond donors (Lipinski definition) is 0. The van der Waals surface area contributed by atoms with Gasteiger partial charge in [-0.1, -0.05) is 42.5 Å². The largest absolute Gasteiger partial charge is 0.472 e. The van der Waals surface area contributed by atoms with Gasteiger partial charge in [-0.25, -0.2) is 9.78 Å². The van der Waals surface area contributed by atoms with Gasteiger partial charge in [-0.3, -0.25) is 0 Å². The van der Waals surface area contributed by atoms with Gasteiger partial charge in [0.1, 0.15) is 6.61 Å². The van der Waals surface area contributed by atoms with Crippen molar-refractivity contribution in [1.82, 2.24) is 24.8 Å². The maximum Gasteiger partial charge on any atom is 0.368 e. The summed E-state index contributed by atoms with van der Waals surface area (Å²) in [7, 11) is 1.57. The fourth-order valence-electron chi connectivity index (χ4n) is 3.25. The molecule has 30 heavy (non-hydrogen) atoms. The highest BCUT2D eigenvalue weighted by molar-refractivity contribution is 9.10. The van der Waals surface area contributed by atoms with E-state index in [2.05, 4.69) is 43.5 Å². The highest BCUT2D eigenvalue weighted by atomic mass is 79.9. The molecule has 0 amide bonds. The van der Waals surface area contributed by atoms with E-state index >= 15 is 0 Å². The average molecular weight is 466 g/mol. The number of halogens is 1. The molecule has 7 nitrogen and oxygen atoms in total. The summed E-state index contributed by atoms with van der Waals surface area (Å²) in [6.07, 6.45) is 0. The minimum absolute atomic E-state index is 0.237. The summed E-state index contributed by atoms with van der Waals surface area (Å²) in [5.41, 5.74) is 5.16. The molecule has 0 aliphatic heterocycles. The van der Waals surface area contributed by atoms with E-state index < -0.39 is 0 Å². The number of benzene rings is 2. The van der Waals surface area contributed by atoms with Crippen LogP contribution in [0.5, 0.6) is 5.88 Å². The normalized spacial score (nSPS) is 10.9. The van der Waals surface area contributed by atoms with Crippen LogP contribution in [0.1, 0.15) is 16.8 Å². The lowest BCUT2D eigenvalue weighted by molar-refractivity contribution is 0.290. The van der Waals surface area contributed by atoms with Gasteiger partial charge in [0.2, 0.25) is 5.88 Å². The van der Waals surface area contributed by atoms with Gasteiger partial charge in [0.15, 0.2) is 0 Å². The van der Waals surface area contributed by atoms with Crippen molar-refractivity contribution in [2.45, 2.75) is 20.5 Å². The summed E-state index contributed by atoms with van der Waals surface area (Å²) in [5, 5.41) is 7.76. The van der Waals surface area contributed by atoms with Crippen LogP contribution in [-0.4, -0.2) is 24.8 Å². The standard InChI is InChI=1S/C22H20BrN5O2/c1-14-8-7-11-20(28-22(29)27(3)25-26-28)18(14)13-30-21-19(23)12-17(15(2)24-21)16-9-5-4-6-10-16/h4-12H,13H2,1-3H3.